The number of nitrogens with two attached hydrogens (primary N) is 1. The number of nitrogens with one attached hydrogen (secondary N) is 2. The number of carbonyl (C=O) groups is 2. The van der Waals surface area contributed by atoms with Crippen LogP contribution in [0.1, 0.15) is 24.6 Å². The Morgan fingerprint density at radius 1 is 1.50 bits per heavy atom. The summed E-state index contributed by atoms with van der Waals surface area (Å²) in [5.41, 5.74) is 5.28. The van der Waals surface area contributed by atoms with Crippen LogP contribution in [0, 0.1) is 0 Å². The third-order valence-electron chi connectivity index (χ3n) is 2.41. The van der Waals surface area contributed by atoms with Crippen molar-refractivity contribution < 1.29 is 9.59 Å². The topological polar surface area (TPSA) is 84.2 Å². The second-order valence-electron chi connectivity index (χ2n) is 3.97. The van der Waals surface area contributed by atoms with E-state index >= 15 is 0 Å². The van der Waals surface area contributed by atoms with E-state index in [9.17, 15) is 9.59 Å². The Balaban J connectivity index is 2.40. The second-order valence-corrected chi connectivity index (χ2v) is 5.00. The number of hydrogen-bond acceptors (Lipinski definition) is 4. The molecule has 0 aliphatic carbocycles. The van der Waals surface area contributed by atoms with Crippen molar-refractivity contribution in [3.63, 3.8) is 0 Å². The smallest absolute Gasteiger partial charge is 0.235 e. The fourth-order valence-corrected chi connectivity index (χ4v) is 2.09. The van der Waals surface area contributed by atoms with Gasteiger partial charge in [-0.3, -0.25) is 9.59 Å². The van der Waals surface area contributed by atoms with Crippen LogP contribution in [0.2, 0.25) is 0 Å². The van der Waals surface area contributed by atoms with Crippen molar-refractivity contribution in [3.05, 3.63) is 22.4 Å². The van der Waals surface area contributed by atoms with Crippen LogP contribution in [0.3, 0.4) is 0 Å². The highest BCUT2D eigenvalue weighted by atomic mass is 32.1. The second kappa shape index (κ2) is 7.84. The average Bonchev–Trinajstić information content (AvgIpc) is 2.84. The van der Waals surface area contributed by atoms with E-state index in [0.717, 1.165) is 11.3 Å². The van der Waals surface area contributed by atoms with Crippen LogP contribution in [0.4, 0.5) is 0 Å². The maximum Gasteiger partial charge on any atom is 0.235 e. The van der Waals surface area contributed by atoms with Gasteiger partial charge in [-0.05, 0) is 17.9 Å². The van der Waals surface area contributed by atoms with Crippen LogP contribution in [0.5, 0.6) is 0 Å². The van der Waals surface area contributed by atoms with Gasteiger partial charge in [-0.25, -0.2) is 0 Å². The zero-order valence-corrected chi connectivity index (χ0v) is 11.3. The minimum Gasteiger partial charge on any atom is -0.368 e. The summed E-state index contributed by atoms with van der Waals surface area (Å²) in [7, 11) is 0. The predicted molar refractivity (Wildman–Crippen MR) is 72.1 cm³/mol. The first-order chi connectivity index (χ1) is 8.63. The molecule has 0 aromatic carbocycles. The van der Waals surface area contributed by atoms with Crippen LogP contribution in [0.25, 0.3) is 0 Å². The van der Waals surface area contributed by atoms with Gasteiger partial charge in [0.2, 0.25) is 11.8 Å². The van der Waals surface area contributed by atoms with Crippen molar-refractivity contribution in [3.8, 4) is 0 Å². The normalized spacial score (nSPS) is 12.1. The Bertz CT molecular complexity index is 379. The van der Waals surface area contributed by atoms with Gasteiger partial charge in [-0.15, -0.1) is 11.3 Å². The van der Waals surface area contributed by atoms with Crippen LogP contribution < -0.4 is 16.4 Å². The standard InChI is InChI=1S/C12H19N3O2S/c1-2-5-14-11(16)7-10(12(13)17)15-8-9-4-3-6-18-9/h3-4,6,10,15H,2,5,7-8H2,1H3,(H2,13,17)(H,14,16). The molecule has 18 heavy (non-hydrogen) atoms. The van der Waals surface area contributed by atoms with Gasteiger partial charge < -0.3 is 16.4 Å². The molecule has 6 heteroatoms. The van der Waals surface area contributed by atoms with Gasteiger partial charge in [-0.1, -0.05) is 13.0 Å². The minimum atomic E-state index is -0.621. The highest BCUT2D eigenvalue weighted by Crippen LogP contribution is 2.08. The Kier molecular flexibility index (Phi) is 6.38. The SMILES string of the molecule is CCCNC(=O)CC(NCc1cccs1)C(N)=O. The van der Waals surface area contributed by atoms with Crippen LogP contribution in [0.15, 0.2) is 17.5 Å². The summed E-state index contributed by atoms with van der Waals surface area (Å²) in [6.45, 7) is 3.14. The van der Waals surface area contributed by atoms with Gasteiger partial charge in [-0.2, -0.15) is 0 Å². The van der Waals surface area contributed by atoms with Crippen molar-refractivity contribution in [1.29, 1.82) is 0 Å². The van der Waals surface area contributed by atoms with Crippen molar-refractivity contribution in [2.75, 3.05) is 6.54 Å². The average molecular weight is 269 g/mol. The lowest BCUT2D eigenvalue weighted by molar-refractivity contribution is -0.126. The van der Waals surface area contributed by atoms with E-state index in [-0.39, 0.29) is 12.3 Å². The van der Waals surface area contributed by atoms with E-state index in [1.54, 1.807) is 11.3 Å². The van der Waals surface area contributed by atoms with Gasteiger partial charge in [0, 0.05) is 18.0 Å². The fourth-order valence-electron chi connectivity index (χ4n) is 1.43. The maximum absolute atomic E-state index is 11.5. The molecule has 0 spiro atoms. The number of rotatable bonds is 8. The largest absolute Gasteiger partial charge is 0.368 e. The molecule has 1 heterocycles. The van der Waals surface area contributed by atoms with E-state index in [4.69, 9.17) is 5.73 Å². The highest BCUT2D eigenvalue weighted by molar-refractivity contribution is 7.09. The quantitative estimate of drug-likeness (QED) is 0.646. The molecule has 0 radical (unpaired) electrons. The molecule has 0 saturated heterocycles. The highest BCUT2D eigenvalue weighted by Gasteiger charge is 2.18. The molecular formula is C12H19N3O2S. The maximum atomic E-state index is 11.5. The number of carbonyl (C=O) groups excluding carboxylic acids is 2. The first-order valence-electron chi connectivity index (χ1n) is 5.95. The third-order valence-corrected chi connectivity index (χ3v) is 3.28. The van der Waals surface area contributed by atoms with E-state index in [0.29, 0.717) is 13.1 Å². The lowest BCUT2D eigenvalue weighted by atomic mass is 10.2. The minimum absolute atomic E-state index is 0.0840. The Hall–Kier alpha value is -1.40. The molecule has 0 bridgehead atoms. The Morgan fingerprint density at radius 3 is 2.83 bits per heavy atom. The molecule has 0 aliphatic rings. The van der Waals surface area contributed by atoms with Gasteiger partial charge in [0.25, 0.3) is 0 Å². The summed E-state index contributed by atoms with van der Waals surface area (Å²) in [6, 6.07) is 3.28. The summed E-state index contributed by atoms with van der Waals surface area (Å²) >= 11 is 1.59. The third kappa shape index (κ3) is 5.29. The van der Waals surface area contributed by atoms with E-state index < -0.39 is 11.9 Å². The zero-order valence-electron chi connectivity index (χ0n) is 10.4. The van der Waals surface area contributed by atoms with Crippen LogP contribution >= 0.6 is 11.3 Å². The van der Waals surface area contributed by atoms with Gasteiger partial charge in [0.1, 0.15) is 0 Å². The number of hydrogen-bond donors (Lipinski definition) is 3. The molecule has 1 aromatic rings. The number of primary amides is 1. The summed E-state index contributed by atoms with van der Waals surface area (Å²) in [4.78, 5) is 23.9. The van der Waals surface area contributed by atoms with E-state index in [1.165, 1.54) is 0 Å². The fraction of sp³-hybridized carbons (Fsp3) is 0.500. The molecule has 1 unspecified atom stereocenters. The number of amides is 2. The van der Waals surface area contributed by atoms with Crippen molar-refractivity contribution in [2.24, 2.45) is 5.73 Å². The molecule has 1 aromatic heterocycles. The predicted octanol–water partition coefficient (Wildman–Crippen LogP) is 0.608. The summed E-state index contributed by atoms with van der Waals surface area (Å²) < 4.78 is 0. The Labute approximate surface area is 111 Å². The number of thiophene rings is 1. The van der Waals surface area contributed by atoms with Crippen LogP contribution in [-0.4, -0.2) is 24.4 Å². The molecule has 0 fully saturated rings. The molecule has 100 valence electrons. The molecular weight excluding hydrogens is 250 g/mol. The first-order valence-corrected chi connectivity index (χ1v) is 6.83. The molecule has 5 nitrogen and oxygen atoms in total. The van der Waals surface area contributed by atoms with E-state index in [2.05, 4.69) is 10.6 Å². The summed E-state index contributed by atoms with van der Waals surface area (Å²) in [5, 5.41) is 7.69. The van der Waals surface area contributed by atoms with Gasteiger partial charge in [0.05, 0.1) is 12.5 Å². The molecule has 0 aliphatic heterocycles. The molecule has 4 N–H and O–H groups in total. The van der Waals surface area contributed by atoms with E-state index in [1.807, 2.05) is 24.4 Å². The molecule has 1 atom stereocenters. The Morgan fingerprint density at radius 2 is 2.28 bits per heavy atom. The van der Waals surface area contributed by atoms with Gasteiger partial charge >= 0.3 is 0 Å². The van der Waals surface area contributed by atoms with Crippen molar-refractivity contribution >= 4 is 23.2 Å². The molecule has 2 amide bonds. The molecule has 1 rings (SSSR count). The lowest BCUT2D eigenvalue weighted by Gasteiger charge is -2.14. The summed E-state index contributed by atoms with van der Waals surface area (Å²) in [6.07, 6.45) is 0.955. The van der Waals surface area contributed by atoms with Crippen LogP contribution in [-0.2, 0) is 16.1 Å². The molecule has 0 saturated carbocycles. The lowest BCUT2D eigenvalue weighted by Crippen LogP contribution is -2.44. The monoisotopic (exact) mass is 269 g/mol. The van der Waals surface area contributed by atoms with Crippen molar-refractivity contribution in [1.82, 2.24) is 10.6 Å². The first kappa shape index (κ1) is 14.7. The van der Waals surface area contributed by atoms with Crippen molar-refractivity contribution in [2.45, 2.75) is 32.4 Å². The zero-order chi connectivity index (χ0) is 13.4. The van der Waals surface area contributed by atoms with Gasteiger partial charge in [0.15, 0.2) is 0 Å². The summed E-state index contributed by atoms with van der Waals surface area (Å²) in [5.74, 6) is -0.655.